The van der Waals surface area contributed by atoms with E-state index in [9.17, 15) is 18.3 Å². The molecule has 0 bridgehead atoms. The third kappa shape index (κ3) is 6.55. The van der Waals surface area contributed by atoms with Crippen molar-refractivity contribution in [1.29, 1.82) is 0 Å². The van der Waals surface area contributed by atoms with Crippen LogP contribution in [0.1, 0.15) is 5.56 Å². The topological polar surface area (TPSA) is 58.3 Å². The molecule has 6 nitrogen and oxygen atoms in total. The van der Waals surface area contributed by atoms with Crippen LogP contribution in [0.2, 0.25) is 0 Å². The quantitative estimate of drug-likeness (QED) is 0.262. The zero-order chi connectivity index (χ0) is 27.2. The number of morpholine rings is 1. The number of anilines is 2. The Balaban J connectivity index is 1.53. The predicted molar refractivity (Wildman–Crippen MR) is 143 cm³/mol. The first kappa shape index (κ1) is 26.6. The Kier molecular flexibility index (Phi) is 8.09. The summed E-state index contributed by atoms with van der Waals surface area (Å²) in [7, 11) is 0. The average molecular weight is 539 g/mol. The minimum Gasteiger partial charge on any atom is -0.464 e. The van der Waals surface area contributed by atoms with E-state index in [1.165, 1.54) is 4.90 Å². The van der Waals surface area contributed by atoms with Gasteiger partial charge in [-0.05, 0) is 48.0 Å². The fraction of sp³-hybridized carbons (Fsp3) is 0.267. The van der Waals surface area contributed by atoms with E-state index in [0.717, 1.165) is 16.8 Å². The lowest BCUT2D eigenvalue weighted by molar-refractivity contribution is -0.200. The van der Waals surface area contributed by atoms with Crippen molar-refractivity contribution in [3.8, 4) is 22.8 Å². The van der Waals surface area contributed by atoms with Gasteiger partial charge in [-0.15, -0.1) is 0 Å². The summed E-state index contributed by atoms with van der Waals surface area (Å²) in [6, 6.07) is 25.4. The Labute approximate surface area is 224 Å². The Hall–Kier alpha value is -3.95. The summed E-state index contributed by atoms with van der Waals surface area (Å²) in [5, 5.41) is 10.1. The highest BCUT2D eigenvalue weighted by atomic mass is 19.4. The summed E-state index contributed by atoms with van der Waals surface area (Å²) in [4.78, 5) is 3.70. The molecule has 1 aliphatic rings. The number of rotatable bonds is 9. The lowest BCUT2D eigenvalue weighted by Crippen LogP contribution is -2.41. The standard InChI is InChI=1S/C30H29F3N2O4/c31-30(32,33)28(36)21-35(23-8-5-11-25(19-23)39-24-9-2-1-3-10-24)20-22-7-4-12-26(27-13-6-16-38-27)29(22)34-14-17-37-18-15-34/h1-13,16,19,28,36H,14-15,17-18,20-21H2. The van der Waals surface area contributed by atoms with Crippen LogP contribution in [0.4, 0.5) is 24.5 Å². The van der Waals surface area contributed by atoms with E-state index >= 15 is 0 Å². The van der Waals surface area contributed by atoms with E-state index in [2.05, 4.69) is 4.90 Å². The van der Waals surface area contributed by atoms with Crippen molar-refractivity contribution in [2.75, 3.05) is 42.6 Å². The van der Waals surface area contributed by atoms with Crippen molar-refractivity contribution in [1.82, 2.24) is 0 Å². The van der Waals surface area contributed by atoms with E-state index in [1.807, 2.05) is 42.5 Å². The summed E-state index contributed by atoms with van der Waals surface area (Å²) < 4.78 is 57.7. The lowest BCUT2D eigenvalue weighted by Gasteiger charge is -2.34. The number of benzene rings is 3. The number of aliphatic hydroxyl groups is 1. The van der Waals surface area contributed by atoms with E-state index in [0.29, 0.717) is 49.2 Å². The molecule has 0 amide bonds. The van der Waals surface area contributed by atoms with Gasteiger partial charge in [0.25, 0.3) is 0 Å². The Bertz CT molecular complexity index is 1340. The number of aliphatic hydroxyl groups excluding tert-OH is 1. The second kappa shape index (κ2) is 11.8. The van der Waals surface area contributed by atoms with Gasteiger partial charge in [0.15, 0.2) is 6.10 Å². The van der Waals surface area contributed by atoms with Crippen LogP contribution in [0, 0.1) is 0 Å². The molecule has 39 heavy (non-hydrogen) atoms. The second-order valence-electron chi connectivity index (χ2n) is 9.24. The van der Waals surface area contributed by atoms with Crippen LogP contribution in [0.15, 0.2) is 95.6 Å². The summed E-state index contributed by atoms with van der Waals surface area (Å²) in [6.45, 7) is 1.82. The minimum absolute atomic E-state index is 0.114. The molecule has 0 radical (unpaired) electrons. The number of hydrogen-bond donors (Lipinski definition) is 1. The molecular formula is C30H29F3N2O4. The normalized spacial score (nSPS) is 14.7. The summed E-state index contributed by atoms with van der Waals surface area (Å²) in [6.07, 6.45) is -5.70. The van der Waals surface area contributed by atoms with E-state index in [1.54, 1.807) is 48.7 Å². The SMILES string of the molecule is OC(CN(Cc1cccc(-c2ccco2)c1N1CCOCC1)c1cccc(Oc2ccccc2)c1)C(F)(F)F. The predicted octanol–water partition coefficient (Wildman–Crippen LogP) is 6.51. The van der Waals surface area contributed by atoms with Gasteiger partial charge in [0.2, 0.25) is 0 Å². The maximum atomic E-state index is 13.5. The number of halogens is 3. The van der Waals surface area contributed by atoms with E-state index in [-0.39, 0.29) is 6.54 Å². The molecule has 1 saturated heterocycles. The number of furan rings is 1. The van der Waals surface area contributed by atoms with Crippen LogP contribution in [-0.4, -0.2) is 50.2 Å². The summed E-state index contributed by atoms with van der Waals surface area (Å²) in [5.41, 5.74) is 3.01. The van der Waals surface area contributed by atoms with Crippen molar-refractivity contribution in [2.24, 2.45) is 0 Å². The molecule has 1 unspecified atom stereocenters. The third-order valence-electron chi connectivity index (χ3n) is 6.53. The van der Waals surface area contributed by atoms with Gasteiger partial charge in [0.1, 0.15) is 17.3 Å². The number of hydrogen-bond acceptors (Lipinski definition) is 6. The smallest absolute Gasteiger partial charge is 0.416 e. The highest BCUT2D eigenvalue weighted by Crippen LogP contribution is 2.37. The van der Waals surface area contributed by atoms with Crippen LogP contribution < -0.4 is 14.5 Å². The van der Waals surface area contributed by atoms with Crippen molar-refractivity contribution < 1.29 is 32.2 Å². The molecule has 204 valence electrons. The molecular weight excluding hydrogens is 509 g/mol. The molecule has 1 N–H and O–H groups in total. The minimum atomic E-state index is -4.76. The fourth-order valence-corrected chi connectivity index (χ4v) is 4.66. The Morgan fingerprint density at radius 1 is 0.897 bits per heavy atom. The van der Waals surface area contributed by atoms with Crippen LogP contribution >= 0.6 is 0 Å². The van der Waals surface area contributed by atoms with Crippen molar-refractivity contribution in [3.05, 3.63) is 96.8 Å². The molecule has 0 aliphatic carbocycles. The molecule has 1 aromatic heterocycles. The molecule has 2 heterocycles. The summed E-state index contributed by atoms with van der Waals surface area (Å²) >= 11 is 0. The second-order valence-corrected chi connectivity index (χ2v) is 9.24. The highest BCUT2D eigenvalue weighted by molar-refractivity contribution is 5.79. The number of nitrogens with zero attached hydrogens (tertiary/aromatic N) is 2. The van der Waals surface area contributed by atoms with Gasteiger partial charge in [0.05, 0.1) is 31.7 Å². The maximum absolute atomic E-state index is 13.5. The zero-order valence-electron chi connectivity index (χ0n) is 21.2. The zero-order valence-corrected chi connectivity index (χ0v) is 21.2. The van der Waals surface area contributed by atoms with Crippen molar-refractivity contribution in [3.63, 3.8) is 0 Å². The number of para-hydroxylation sites is 2. The lowest BCUT2D eigenvalue weighted by atomic mass is 10.0. The third-order valence-corrected chi connectivity index (χ3v) is 6.53. The highest BCUT2D eigenvalue weighted by Gasteiger charge is 2.39. The maximum Gasteiger partial charge on any atom is 0.416 e. The largest absolute Gasteiger partial charge is 0.464 e. The summed E-state index contributed by atoms with van der Waals surface area (Å²) in [5.74, 6) is 1.75. The molecule has 0 spiro atoms. The number of ether oxygens (including phenoxy) is 2. The van der Waals surface area contributed by atoms with E-state index < -0.39 is 18.8 Å². The molecule has 0 saturated carbocycles. The Morgan fingerprint density at radius 2 is 1.64 bits per heavy atom. The first-order valence-electron chi connectivity index (χ1n) is 12.7. The average Bonchev–Trinajstić information content (AvgIpc) is 3.48. The van der Waals surface area contributed by atoms with Crippen LogP contribution in [0.5, 0.6) is 11.5 Å². The van der Waals surface area contributed by atoms with Gasteiger partial charge in [0, 0.05) is 37.0 Å². The molecule has 5 rings (SSSR count). The van der Waals surface area contributed by atoms with Gasteiger partial charge in [-0.1, -0.05) is 36.4 Å². The molecule has 4 aromatic rings. The molecule has 1 aliphatic heterocycles. The molecule has 1 fully saturated rings. The molecule has 1 atom stereocenters. The molecule has 9 heteroatoms. The van der Waals surface area contributed by atoms with Crippen molar-refractivity contribution >= 4 is 11.4 Å². The first-order chi connectivity index (χ1) is 18.9. The van der Waals surface area contributed by atoms with Crippen LogP contribution in [0.3, 0.4) is 0 Å². The van der Waals surface area contributed by atoms with E-state index in [4.69, 9.17) is 13.9 Å². The Morgan fingerprint density at radius 3 is 2.36 bits per heavy atom. The van der Waals surface area contributed by atoms with Crippen LogP contribution in [0.25, 0.3) is 11.3 Å². The van der Waals surface area contributed by atoms with Gasteiger partial charge >= 0.3 is 6.18 Å². The number of alkyl halides is 3. The van der Waals surface area contributed by atoms with Gasteiger partial charge in [-0.2, -0.15) is 13.2 Å². The van der Waals surface area contributed by atoms with Crippen molar-refractivity contribution in [2.45, 2.75) is 18.8 Å². The fourth-order valence-electron chi connectivity index (χ4n) is 4.66. The molecule has 3 aromatic carbocycles. The van der Waals surface area contributed by atoms with Gasteiger partial charge in [-0.3, -0.25) is 0 Å². The van der Waals surface area contributed by atoms with Gasteiger partial charge < -0.3 is 28.8 Å². The van der Waals surface area contributed by atoms with Gasteiger partial charge in [-0.25, -0.2) is 0 Å². The monoisotopic (exact) mass is 538 g/mol. The van der Waals surface area contributed by atoms with Crippen LogP contribution in [-0.2, 0) is 11.3 Å². The first-order valence-corrected chi connectivity index (χ1v) is 12.7.